The highest BCUT2D eigenvalue weighted by Crippen LogP contribution is 2.11. The third-order valence-corrected chi connectivity index (χ3v) is 3.39. The van der Waals surface area contributed by atoms with Gasteiger partial charge in [0.15, 0.2) is 0 Å². The summed E-state index contributed by atoms with van der Waals surface area (Å²) >= 11 is 0. The van der Waals surface area contributed by atoms with Crippen molar-refractivity contribution in [3.8, 4) is 11.8 Å². The Hall–Kier alpha value is -0.600. The minimum atomic E-state index is 0.254. The highest BCUT2D eigenvalue weighted by atomic mass is 16.5. The van der Waals surface area contributed by atoms with Gasteiger partial charge in [0, 0.05) is 32.6 Å². The van der Waals surface area contributed by atoms with Crippen LogP contribution in [-0.4, -0.2) is 68.6 Å². The first-order valence-electron chi connectivity index (χ1n) is 7.04. The van der Waals surface area contributed by atoms with Crippen LogP contribution in [0, 0.1) is 11.8 Å². The summed E-state index contributed by atoms with van der Waals surface area (Å²) in [6.45, 7) is 9.45. The van der Waals surface area contributed by atoms with Crippen molar-refractivity contribution in [1.29, 1.82) is 0 Å². The standard InChI is InChI=1S/C14H24N2O2/c1-2-3-4-5-14(15-6-10-17-11-7-15)16-8-12-18-13-9-16/h14H,2-3,6-13H2,1H3. The number of nitrogens with zero attached hydrogens (tertiary/aromatic N) is 2. The highest BCUT2D eigenvalue weighted by Gasteiger charge is 2.26. The van der Waals surface area contributed by atoms with Crippen molar-refractivity contribution >= 4 is 0 Å². The Kier molecular flexibility index (Phi) is 5.95. The van der Waals surface area contributed by atoms with E-state index in [1.54, 1.807) is 0 Å². The summed E-state index contributed by atoms with van der Waals surface area (Å²) < 4.78 is 10.9. The maximum atomic E-state index is 5.43. The van der Waals surface area contributed by atoms with Crippen LogP contribution in [0.1, 0.15) is 19.8 Å². The molecule has 0 amide bonds. The summed E-state index contributed by atoms with van der Waals surface area (Å²) in [7, 11) is 0. The molecule has 0 aromatic rings. The van der Waals surface area contributed by atoms with Crippen molar-refractivity contribution in [1.82, 2.24) is 9.80 Å². The smallest absolute Gasteiger partial charge is 0.126 e. The van der Waals surface area contributed by atoms with Crippen molar-refractivity contribution in [3.05, 3.63) is 0 Å². The van der Waals surface area contributed by atoms with Crippen molar-refractivity contribution in [2.24, 2.45) is 0 Å². The van der Waals surface area contributed by atoms with E-state index in [-0.39, 0.29) is 6.17 Å². The van der Waals surface area contributed by atoms with E-state index in [1.807, 2.05) is 0 Å². The lowest BCUT2D eigenvalue weighted by Crippen LogP contribution is -2.54. The predicted octanol–water partition coefficient (Wildman–Crippen LogP) is 0.780. The molecule has 2 fully saturated rings. The number of unbranched alkanes of at least 4 members (excludes halogenated alkanes) is 1. The third-order valence-electron chi connectivity index (χ3n) is 3.39. The van der Waals surface area contributed by atoms with Crippen molar-refractivity contribution in [2.45, 2.75) is 25.9 Å². The van der Waals surface area contributed by atoms with Crippen LogP contribution in [0.2, 0.25) is 0 Å². The van der Waals surface area contributed by atoms with Gasteiger partial charge in [0.25, 0.3) is 0 Å². The molecular formula is C14H24N2O2. The molecule has 0 unspecified atom stereocenters. The van der Waals surface area contributed by atoms with Crippen LogP contribution in [-0.2, 0) is 9.47 Å². The molecule has 2 aliphatic heterocycles. The molecule has 0 aliphatic carbocycles. The predicted molar refractivity (Wildman–Crippen MR) is 71.3 cm³/mol. The lowest BCUT2D eigenvalue weighted by molar-refractivity contribution is -0.0459. The molecule has 2 aliphatic rings. The lowest BCUT2D eigenvalue weighted by Gasteiger charge is -2.40. The fourth-order valence-electron chi connectivity index (χ4n) is 2.35. The Bertz CT molecular complexity index is 268. The largest absolute Gasteiger partial charge is 0.379 e. The van der Waals surface area contributed by atoms with Gasteiger partial charge >= 0.3 is 0 Å². The quantitative estimate of drug-likeness (QED) is 0.693. The Morgan fingerprint density at radius 1 is 0.944 bits per heavy atom. The van der Waals surface area contributed by atoms with E-state index < -0.39 is 0 Å². The van der Waals surface area contributed by atoms with Gasteiger partial charge in [-0.05, 0) is 6.42 Å². The van der Waals surface area contributed by atoms with Crippen LogP contribution < -0.4 is 0 Å². The third kappa shape index (κ3) is 3.96. The van der Waals surface area contributed by atoms with E-state index in [1.165, 1.54) is 0 Å². The number of hydrogen-bond donors (Lipinski definition) is 0. The van der Waals surface area contributed by atoms with Gasteiger partial charge in [0.05, 0.1) is 26.4 Å². The molecule has 0 N–H and O–H groups in total. The van der Waals surface area contributed by atoms with E-state index in [2.05, 4.69) is 28.6 Å². The average Bonchev–Trinajstić information content (AvgIpc) is 2.46. The van der Waals surface area contributed by atoms with Gasteiger partial charge in [-0.25, -0.2) is 0 Å². The molecule has 0 atom stereocenters. The number of hydrogen-bond acceptors (Lipinski definition) is 4. The SMILES string of the molecule is CCCC#CC(N1CCOCC1)N1CCOCC1. The van der Waals surface area contributed by atoms with E-state index in [0.717, 1.165) is 65.4 Å². The van der Waals surface area contributed by atoms with Crippen molar-refractivity contribution in [2.75, 3.05) is 52.6 Å². The Labute approximate surface area is 110 Å². The first-order valence-corrected chi connectivity index (χ1v) is 7.04. The molecular weight excluding hydrogens is 228 g/mol. The Morgan fingerprint density at radius 3 is 1.89 bits per heavy atom. The van der Waals surface area contributed by atoms with Gasteiger partial charge in [-0.3, -0.25) is 9.80 Å². The number of morpholine rings is 2. The van der Waals surface area contributed by atoms with E-state index in [9.17, 15) is 0 Å². The molecule has 18 heavy (non-hydrogen) atoms. The summed E-state index contributed by atoms with van der Waals surface area (Å²) in [6, 6.07) is 0. The average molecular weight is 252 g/mol. The normalized spacial score (nSPS) is 22.8. The van der Waals surface area contributed by atoms with Crippen LogP contribution in [0.15, 0.2) is 0 Å². The van der Waals surface area contributed by atoms with Crippen LogP contribution in [0.25, 0.3) is 0 Å². The minimum Gasteiger partial charge on any atom is -0.379 e. The molecule has 2 saturated heterocycles. The summed E-state index contributed by atoms with van der Waals surface area (Å²) in [5.74, 6) is 6.77. The summed E-state index contributed by atoms with van der Waals surface area (Å²) in [5.41, 5.74) is 0. The molecule has 0 bridgehead atoms. The second-order valence-corrected chi connectivity index (χ2v) is 4.74. The van der Waals surface area contributed by atoms with Crippen LogP contribution in [0.4, 0.5) is 0 Å². The molecule has 0 spiro atoms. The maximum absolute atomic E-state index is 5.43. The highest BCUT2D eigenvalue weighted by molar-refractivity contribution is 5.08. The second kappa shape index (κ2) is 7.75. The first-order chi connectivity index (χ1) is 8.92. The van der Waals surface area contributed by atoms with Crippen molar-refractivity contribution in [3.63, 3.8) is 0 Å². The van der Waals surface area contributed by atoms with Crippen molar-refractivity contribution < 1.29 is 9.47 Å². The molecule has 2 heterocycles. The summed E-state index contributed by atoms with van der Waals surface area (Å²) in [4.78, 5) is 4.88. The summed E-state index contributed by atoms with van der Waals surface area (Å²) in [5, 5.41) is 0. The van der Waals surface area contributed by atoms with Gasteiger partial charge in [-0.2, -0.15) is 0 Å². The topological polar surface area (TPSA) is 24.9 Å². The zero-order valence-electron chi connectivity index (χ0n) is 11.4. The molecule has 2 rings (SSSR count). The first kappa shape index (κ1) is 13.8. The molecule has 0 aromatic heterocycles. The number of ether oxygens (including phenoxy) is 2. The maximum Gasteiger partial charge on any atom is 0.126 e. The molecule has 102 valence electrons. The fourth-order valence-corrected chi connectivity index (χ4v) is 2.35. The van der Waals surface area contributed by atoms with Gasteiger partial charge in [0.1, 0.15) is 6.17 Å². The van der Waals surface area contributed by atoms with Crippen LogP contribution >= 0.6 is 0 Å². The van der Waals surface area contributed by atoms with Gasteiger partial charge in [-0.1, -0.05) is 12.8 Å². The summed E-state index contributed by atoms with van der Waals surface area (Å²) in [6.07, 6.45) is 2.38. The molecule has 4 nitrogen and oxygen atoms in total. The fraction of sp³-hybridized carbons (Fsp3) is 0.857. The van der Waals surface area contributed by atoms with E-state index >= 15 is 0 Å². The number of rotatable bonds is 3. The van der Waals surface area contributed by atoms with E-state index in [0.29, 0.717) is 0 Å². The Balaban J connectivity index is 1.98. The minimum absolute atomic E-state index is 0.254. The molecule has 0 radical (unpaired) electrons. The van der Waals surface area contributed by atoms with E-state index in [4.69, 9.17) is 9.47 Å². The molecule has 4 heteroatoms. The van der Waals surface area contributed by atoms with Crippen LogP contribution in [0.3, 0.4) is 0 Å². The zero-order chi connectivity index (χ0) is 12.6. The monoisotopic (exact) mass is 252 g/mol. The second-order valence-electron chi connectivity index (χ2n) is 4.74. The van der Waals surface area contributed by atoms with Crippen LogP contribution in [0.5, 0.6) is 0 Å². The molecule has 0 saturated carbocycles. The molecule has 0 aromatic carbocycles. The van der Waals surface area contributed by atoms with Gasteiger partial charge < -0.3 is 9.47 Å². The van der Waals surface area contributed by atoms with Gasteiger partial charge in [0.2, 0.25) is 0 Å². The Morgan fingerprint density at radius 2 is 1.44 bits per heavy atom. The lowest BCUT2D eigenvalue weighted by atomic mass is 10.2. The zero-order valence-corrected chi connectivity index (χ0v) is 11.4. The van der Waals surface area contributed by atoms with Gasteiger partial charge in [-0.15, -0.1) is 5.92 Å².